The van der Waals surface area contributed by atoms with Crippen molar-refractivity contribution >= 4 is 23.8 Å². The predicted molar refractivity (Wildman–Crippen MR) is 62.3 cm³/mol. The van der Waals surface area contributed by atoms with E-state index in [-0.39, 0.29) is 12.8 Å². The minimum Gasteiger partial charge on any atom is -0.481 e. The summed E-state index contributed by atoms with van der Waals surface area (Å²) >= 11 is 0. The zero-order valence-electron chi connectivity index (χ0n) is 10.4. The van der Waals surface area contributed by atoms with Crippen molar-refractivity contribution in [2.75, 3.05) is 0 Å². The number of nitrogens with two attached hydrogens (primary N) is 1. The van der Waals surface area contributed by atoms with E-state index < -0.39 is 59.3 Å². The van der Waals surface area contributed by atoms with Crippen LogP contribution in [-0.2, 0) is 19.2 Å². The van der Waals surface area contributed by atoms with E-state index in [4.69, 9.17) is 21.1 Å². The summed E-state index contributed by atoms with van der Waals surface area (Å²) in [6, 6.07) is 0. The number of carbonyl (C=O) groups excluding carboxylic acids is 1. The van der Waals surface area contributed by atoms with Gasteiger partial charge < -0.3 is 21.1 Å². The number of carboxylic acids is 3. The Bertz CT molecular complexity index is 416. The molecule has 0 spiro atoms. The molecule has 6 unspecified atom stereocenters. The molecule has 2 aliphatic carbocycles. The molecule has 6 atom stereocenters. The molecule has 20 heavy (non-hydrogen) atoms. The van der Waals surface area contributed by atoms with Crippen LogP contribution in [0.5, 0.6) is 0 Å². The molecule has 1 amide bonds. The molecule has 2 fully saturated rings. The third-order valence-corrected chi connectivity index (χ3v) is 4.65. The molecule has 0 heterocycles. The molecule has 0 saturated heterocycles. The fourth-order valence-corrected chi connectivity index (χ4v) is 3.74. The second kappa shape index (κ2) is 4.77. The standard InChI is InChI=1S/C12H15NO7/c13-9(14)5-1-3-4(2-6(5)10(15)16)8(12(19)20)7(3)11(17)18/h3-8H,1-2H2,(H2,13,14)(H,15,16)(H,17,18)(H,19,20). The maximum Gasteiger partial charge on any atom is 0.307 e. The van der Waals surface area contributed by atoms with Crippen molar-refractivity contribution in [3.63, 3.8) is 0 Å². The Morgan fingerprint density at radius 2 is 1.15 bits per heavy atom. The molecule has 2 aliphatic rings. The van der Waals surface area contributed by atoms with Gasteiger partial charge in [-0.3, -0.25) is 19.2 Å². The average molecular weight is 285 g/mol. The second-order valence-corrected chi connectivity index (χ2v) is 5.48. The summed E-state index contributed by atoms with van der Waals surface area (Å²) in [6.07, 6.45) is 0.00602. The van der Waals surface area contributed by atoms with Gasteiger partial charge in [0.1, 0.15) is 0 Å². The summed E-state index contributed by atoms with van der Waals surface area (Å²) in [5, 5.41) is 27.3. The van der Waals surface area contributed by atoms with Gasteiger partial charge in [0.05, 0.1) is 23.7 Å². The van der Waals surface area contributed by atoms with E-state index in [1.54, 1.807) is 0 Å². The van der Waals surface area contributed by atoms with Crippen LogP contribution in [0.2, 0.25) is 0 Å². The molecule has 0 bridgehead atoms. The lowest BCUT2D eigenvalue weighted by atomic mass is 9.48. The molecule has 8 nitrogen and oxygen atoms in total. The summed E-state index contributed by atoms with van der Waals surface area (Å²) in [7, 11) is 0. The Morgan fingerprint density at radius 1 is 0.750 bits per heavy atom. The summed E-state index contributed by atoms with van der Waals surface area (Å²) in [4.78, 5) is 44.8. The number of primary amides is 1. The van der Waals surface area contributed by atoms with Crippen molar-refractivity contribution in [2.45, 2.75) is 12.8 Å². The number of hydrogen-bond acceptors (Lipinski definition) is 4. The highest BCUT2D eigenvalue weighted by molar-refractivity contribution is 5.86. The van der Waals surface area contributed by atoms with E-state index in [1.807, 2.05) is 0 Å². The zero-order valence-corrected chi connectivity index (χ0v) is 10.4. The van der Waals surface area contributed by atoms with Crippen molar-refractivity contribution in [2.24, 2.45) is 41.2 Å². The number of aliphatic carboxylic acids is 3. The molecule has 5 N–H and O–H groups in total. The summed E-state index contributed by atoms with van der Waals surface area (Å²) in [5.74, 6) is -9.60. The summed E-state index contributed by atoms with van der Waals surface area (Å²) in [6.45, 7) is 0. The van der Waals surface area contributed by atoms with Gasteiger partial charge in [0.2, 0.25) is 5.91 Å². The van der Waals surface area contributed by atoms with Crippen molar-refractivity contribution < 1.29 is 34.5 Å². The zero-order chi connectivity index (χ0) is 15.2. The van der Waals surface area contributed by atoms with Crippen molar-refractivity contribution in [3.8, 4) is 0 Å². The molecule has 2 saturated carbocycles. The first-order valence-electron chi connectivity index (χ1n) is 6.23. The van der Waals surface area contributed by atoms with Crippen LogP contribution in [0, 0.1) is 35.5 Å². The van der Waals surface area contributed by atoms with Crippen LogP contribution in [0.1, 0.15) is 12.8 Å². The number of amides is 1. The minimum absolute atomic E-state index is 0.0195. The van der Waals surface area contributed by atoms with Gasteiger partial charge in [0.15, 0.2) is 0 Å². The molecular weight excluding hydrogens is 270 g/mol. The van der Waals surface area contributed by atoms with Gasteiger partial charge in [-0.05, 0) is 24.7 Å². The quantitative estimate of drug-likeness (QED) is 0.528. The average Bonchev–Trinajstić information content (AvgIpc) is 2.28. The van der Waals surface area contributed by atoms with Gasteiger partial charge in [0.25, 0.3) is 0 Å². The van der Waals surface area contributed by atoms with Gasteiger partial charge in [-0.25, -0.2) is 0 Å². The smallest absolute Gasteiger partial charge is 0.307 e. The number of rotatable bonds is 4. The van der Waals surface area contributed by atoms with Crippen LogP contribution in [0.4, 0.5) is 0 Å². The van der Waals surface area contributed by atoms with Crippen LogP contribution in [0.3, 0.4) is 0 Å². The lowest BCUT2D eigenvalue weighted by molar-refractivity contribution is -0.186. The number of carbonyl (C=O) groups is 4. The predicted octanol–water partition coefficient (Wildman–Crippen LogP) is -0.770. The van der Waals surface area contributed by atoms with Crippen LogP contribution < -0.4 is 5.73 Å². The molecule has 0 aromatic carbocycles. The normalized spacial score (nSPS) is 39.2. The van der Waals surface area contributed by atoms with Crippen molar-refractivity contribution in [1.29, 1.82) is 0 Å². The Hall–Kier alpha value is -2.12. The van der Waals surface area contributed by atoms with E-state index in [0.717, 1.165) is 0 Å². The Balaban J connectivity index is 2.27. The van der Waals surface area contributed by atoms with E-state index >= 15 is 0 Å². The highest BCUT2D eigenvalue weighted by atomic mass is 16.4. The first-order chi connectivity index (χ1) is 9.25. The first-order valence-corrected chi connectivity index (χ1v) is 6.23. The molecule has 2 rings (SSSR count). The van der Waals surface area contributed by atoms with Gasteiger partial charge in [0, 0.05) is 0 Å². The molecule has 0 radical (unpaired) electrons. The summed E-state index contributed by atoms with van der Waals surface area (Å²) < 4.78 is 0. The fraction of sp³-hybridized carbons (Fsp3) is 0.667. The lowest BCUT2D eigenvalue weighted by Crippen LogP contribution is -2.59. The molecule has 8 heteroatoms. The highest BCUT2D eigenvalue weighted by Crippen LogP contribution is 2.56. The van der Waals surface area contributed by atoms with Crippen LogP contribution >= 0.6 is 0 Å². The minimum atomic E-state index is -1.24. The maximum absolute atomic E-state index is 11.3. The van der Waals surface area contributed by atoms with Crippen LogP contribution in [0.15, 0.2) is 0 Å². The van der Waals surface area contributed by atoms with Crippen molar-refractivity contribution in [3.05, 3.63) is 0 Å². The fourth-order valence-electron chi connectivity index (χ4n) is 3.74. The largest absolute Gasteiger partial charge is 0.481 e. The van der Waals surface area contributed by atoms with Gasteiger partial charge >= 0.3 is 17.9 Å². The Morgan fingerprint density at radius 3 is 1.45 bits per heavy atom. The van der Waals surface area contributed by atoms with E-state index in [1.165, 1.54) is 0 Å². The highest BCUT2D eigenvalue weighted by Gasteiger charge is 2.62. The number of fused-ring (bicyclic) bond motifs is 1. The van der Waals surface area contributed by atoms with Gasteiger partial charge in [-0.15, -0.1) is 0 Å². The number of carboxylic acid groups (broad SMARTS) is 3. The van der Waals surface area contributed by atoms with Gasteiger partial charge in [-0.1, -0.05) is 0 Å². The molecule has 0 aliphatic heterocycles. The van der Waals surface area contributed by atoms with Crippen molar-refractivity contribution in [1.82, 2.24) is 0 Å². The van der Waals surface area contributed by atoms with E-state index in [2.05, 4.69) is 0 Å². The lowest BCUT2D eigenvalue weighted by Gasteiger charge is -2.53. The SMILES string of the molecule is NC(=O)C1CC2C(CC1C(=O)O)C(C(=O)O)C2C(=O)O. The first kappa shape index (κ1) is 14.3. The second-order valence-electron chi connectivity index (χ2n) is 5.48. The van der Waals surface area contributed by atoms with Crippen LogP contribution in [-0.4, -0.2) is 39.1 Å². The van der Waals surface area contributed by atoms with E-state index in [0.29, 0.717) is 0 Å². The number of hydrogen-bond donors (Lipinski definition) is 4. The molecular formula is C12H15NO7. The Kier molecular flexibility index (Phi) is 3.41. The molecule has 110 valence electrons. The third-order valence-electron chi connectivity index (χ3n) is 4.65. The van der Waals surface area contributed by atoms with E-state index in [9.17, 15) is 19.2 Å². The monoisotopic (exact) mass is 285 g/mol. The molecule has 0 aromatic rings. The Labute approximate surface area is 113 Å². The maximum atomic E-state index is 11.3. The summed E-state index contributed by atoms with van der Waals surface area (Å²) in [5.41, 5.74) is 5.18. The topological polar surface area (TPSA) is 155 Å². The molecule has 0 aromatic heterocycles. The van der Waals surface area contributed by atoms with Crippen LogP contribution in [0.25, 0.3) is 0 Å². The van der Waals surface area contributed by atoms with Gasteiger partial charge in [-0.2, -0.15) is 0 Å². The third kappa shape index (κ3) is 2.00.